The van der Waals surface area contributed by atoms with Crippen molar-refractivity contribution in [1.29, 1.82) is 0 Å². The largest absolute Gasteiger partial charge is 0.416 e. The summed E-state index contributed by atoms with van der Waals surface area (Å²) in [5.74, 6) is -1.91. The Hall–Kier alpha value is -2.09. The number of anilines is 1. The van der Waals surface area contributed by atoms with Crippen LogP contribution in [0.4, 0.5) is 18.9 Å². The number of carbonyl (C=O) groups excluding carboxylic acids is 2. The molecule has 2 amide bonds. The maximum atomic E-state index is 12.4. The summed E-state index contributed by atoms with van der Waals surface area (Å²) in [6.45, 7) is 1.47. The van der Waals surface area contributed by atoms with E-state index in [9.17, 15) is 22.8 Å². The number of halogens is 3. The van der Waals surface area contributed by atoms with Crippen molar-refractivity contribution in [3.05, 3.63) is 29.8 Å². The van der Waals surface area contributed by atoms with Gasteiger partial charge in [-0.1, -0.05) is 0 Å². The third-order valence-corrected chi connectivity index (χ3v) is 2.62. The van der Waals surface area contributed by atoms with Crippen molar-refractivity contribution in [3.8, 4) is 0 Å². The lowest BCUT2D eigenvalue weighted by atomic mass is 10.2. The molecule has 0 saturated heterocycles. The van der Waals surface area contributed by atoms with E-state index in [4.69, 9.17) is 5.11 Å². The highest BCUT2D eigenvalue weighted by atomic mass is 19.4. The van der Waals surface area contributed by atoms with Gasteiger partial charge in [-0.25, -0.2) is 0 Å². The Morgan fingerprint density at radius 1 is 1.19 bits per heavy atom. The number of nitrogens with one attached hydrogen (secondary N) is 2. The first kappa shape index (κ1) is 17.0. The standard InChI is InChI=1S/C13H15F3N2O3/c1-8(6-7-19)17-11(20)12(21)18-10-4-2-9(3-5-10)13(14,15)16/h2-5,8,19H,6-7H2,1H3,(H,17,20)(H,18,21)/t8-/m1/s1. The second-order valence-electron chi connectivity index (χ2n) is 4.42. The van der Waals surface area contributed by atoms with E-state index in [-0.39, 0.29) is 18.3 Å². The molecule has 0 fully saturated rings. The van der Waals surface area contributed by atoms with Gasteiger partial charge in [0.25, 0.3) is 0 Å². The Labute approximate surface area is 119 Å². The SMILES string of the molecule is C[C@H](CCO)NC(=O)C(=O)Nc1ccc(C(F)(F)F)cc1. The molecular weight excluding hydrogens is 289 g/mol. The van der Waals surface area contributed by atoms with Gasteiger partial charge < -0.3 is 15.7 Å². The zero-order chi connectivity index (χ0) is 16.0. The summed E-state index contributed by atoms with van der Waals surface area (Å²) in [5, 5.41) is 13.2. The molecule has 0 aliphatic carbocycles. The first-order chi connectivity index (χ1) is 9.74. The Morgan fingerprint density at radius 2 is 1.76 bits per heavy atom. The average Bonchev–Trinajstić information content (AvgIpc) is 2.38. The minimum Gasteiger partial charge on any atom is -0.396 e. The molecule has 1 rings (SSSR count). The molecule has 0 aromatic heterocycles. The molecule has 21 heavy (non-hydrogen) atoms. The summed E-state index contributed by atoms with van der Waals surface area (Å²) in [7, 11) is 0. The van der Waals surface area contributed by atoms with Gasteiger partial charge in [0.15, 0.2) is 0 Å². The van der Waals surface area contributed by atoms with Crippen LogP contribution in [0.2, 0.25) is 0 Å². The fourth-order valence-corrected chi connectivity index (χ4v) is 1.49. The molecule has 0 aliphatic heterocycles. The fraction of sp³-hybridized carbons (Fsp3) is 0.385. The van der Waals surface area contributed by atoms with E-state index in [1.54, 1.807) is 6.92 Å². The third-order valence-electron chi connectivity index (χ3n) is 2.62. The summed E-state index contributed by atoms with van der Waals surface area (Å²) in [6.07, 6.45) is -4.17. The zero-order valence-electron chi connectivity index (χ0n) is 11.2. The molecule has 1 atom stereocenters. The predicted octanol–water partition coefficient (Wildman–Crippen LogP) is 1.53. The second kappa shape index (κ2) is 7.07. The monoisotopic (exact) mass is 304 g/mol. The minimum atomic E-state index is -4.46. The highest BCUT2D eigenvalue weighted by Gasteiger charge is 2.30. The van der Waals surface area contributed by atoms with Crippen LogP contribution in [0, 0.1) is 0 Å². The lowest BCUT2D eigenvalue weighted by Gasteiger charge is -2.12. The van der Waals surface area contributed by atoms with E-state index in [1.165, 1.54) is 0 Å². The first-order valence-corrected chi connectivity index (χ1v) is 6.14. The van der Waals surface area contributed by atoms with E-state index >= 15 is 0 Å². The van der Waals surface area contributed by atoms with Gasteiger partial charge in [0, 0.05) is 18.3 Å². The van der Waals surface area contributed by atoms with Crippen LogP contribution in [-0.4, -0.2) is 29.6 Å². The lowest BCUT2D eigenvalue weighted by Crippen LogP contribution is -2.40. The number of aliphatic hydroxyl groups is 1. The van der Waals surface area contributed by atoms with Crippen molar-refractivity contribution >= 4 is 17.5 Å². The van der Waals surface area contributed by atoms with Crippen LogP contribution >= 0.6 is 0 Å². The molecule has 3 N–H and O–H groups in total. The molecule has 1 aromatic rings. The Kier molecular flexibility index (Phi) is 5.71. The molecule has 0 bridgehead atoms. The van der Waals surface area contributed by atoms with E-state index in [0.717, 1.165) is 24.3 Å². The van der Waals surface area contributed by atoms with Gasteiger partial charge in [-0.15, -0.1) is 0 Å². The van der Waals surface area contributed by atoms with Crippen molar-refractivity contribution in [2.75, 3.05) is 11.9 Å². The van der Waals surface area contributed by atoms with Crippen LogP contribution in [-0.2, 0) is 15.8 Å². The van der Waals surface area contributed by atoms with Gasteiger partial charge >= 0.3 is 18.0 Å². The second-order valence-corrected chi connectivity index (χ2v) is 4.42. The Morgan fingerprint density at radius 3 is 2.24 bits per heavy atom. The zero-order valence-corrected chi connectivity index (χ0v) is 11.2. The predicted molar refractivity (Wildman–Crippen MR) is 69.4 cm³/mol. The minimum absolute atomic E-state index is 0.0814. The number of benzene rings is 1. The van der Waals surface area contributed by atoms with Gasteiger partial charge in [-0.05, 0) is 37.6 Å². The van der Waals surface area contributed by atoms with Crippen molar-refractivity contribution < 1.29 is 27.9 Å². The molecule has 0 spiro atoms. The molecular formula is C13H15F3N2O3. The number of amides is 2. The Balaban J connectivity index is 2.60. The van der Waals surface area contributed by atoms with Crippen LogP contribution < -0.4 is 10.6 Å². The summed E-state index contributed by atoms with van der Waals surface area (Å²) < 4.78 is 37.1. The van der Waals surface area contributed by atoms with Crippen LogP contribution in [0.3, 0.4) is 0 Å². The number of aliphatic hydroxyl groups excluding tert-OH is 1. The number of rotatable bonds is 4. The van der Waals surface area contributed by atoms with Gasteiger partial charge in [0.05, 0.1) is 5.56 Å². The number of hydrogen-bond donors (Lipinski definition) is 3. The molecule has 0 radical (unpaired) electrons. The highest BCUT2D eigenvalue weighted by molar-refractivity contribution is 6.39. The highest BCUT2D eigenvalue weighted by Crippen LogP contribution is 2.29. The summed E-state index contributed by atoms with van der Waals surface area (Å²) in [5.41, 5.74) is -0.764. The topological polar surface area (TPSA) is 78.4 Å². The van der Waals surface area contributed by atoms with Crippen molar-refractivity contribution in [2.45, 2.75) is 25.6 Å². The molecule has 5 nitrogen and oxygen atoms in total. The van der Waals surface area contributed by atoms with Crippen LogP contribution in [0.1, 0.15) is 18.9 Å². The molecule has 0 unspecified atom stereocenters. The van der Waals surface area contributed by atoms with Gasteiger partial charge in [0.1, 0.15) is 0 Å². The maximum Gasteiger partial charge on any atom is 0.416 e. The van der Waals surface area contributed by atoms with Crippen molar-refractivity contribution in [2.24, 2.45) is 0 Å². The smallest absolute Gasteiger partial charge is 0.396 e. The third kappa shape index (κ3) is 5.42. The summed E-state index contributed by atoms with van der Waals surface area (Å²) in [6, 6.07) is 3.35. The van der Waals surface area contributed by atoms with Gasteiger partial charge in [-0.3, -0.25) is 9.59 Å². The quantitative estimate of drug-likeness (QED) is 0.738. The van der Waals surface area contributed by atoms with E-state index in [1.807, 2.05) is 0 Å². The van der Waals surface area contributed by atoms with Gasteiger partial charge in [0.2, 0.25) is 0 Å². The van der Waals surface area contributed by atoms with E-state index in [0.29, 0.717) is 6.42 Å². The molecule has 1 aromatic carbocycles. The summed E-state index contributed by atoms with van der Waals surface area (Å²) >= 11 is 0. The lowest BCUT2D eigenvalue weighted by molar-refractivity contribution is -0.137. The molecule has 0 aliphatic rings. The van der Waals surface area contributed by atoms with E-state index in [2.05, 4.69) is 10.6 Å². The number of alkyl halides is 3. The molecule has 8 heteroatoms. The molecule has 0 heterocycles. The fourth-order valence-electron chi connectivity index (χ4n) is 1.49. The van der Waals surface area contributed by atoms with Crippen molar-refractivity contribution in [3.63, 3.8) is 0 Å². The summed E-state index contributed by atoms with van der Waals surface area (Å²) in [4.78, 5) is 23.0. The van der Waals surface area contributed by atoms with Gasteiger partial charge in [-0.2, -0.15) is 13.2 Å². The van der Waals surface area contributed by atoms with Crippen LogP contribution in [0.15, 0.2) is 24.3 Å². The molecule has 0 saturated carbocycles. The van der Waals surface area contributed by atoms with Crippen molar-refractivity contribution in [1.82, 2.24) is 5.32 Å². The normalized spacial score (nSPS) is 12.6. The Bertz CT molecular complexity index is 500. The number of carbonyl (C=O) groups is 2. The first-order valence-electron chi connectivity index (χ1n) is 6.14. The van der Waals surface area contributed by atoms with Crippen LogP contribution in [0.5, 0.6) is 0 Å². The molecule has 116 valence electrons. The van der Waals surface area contributed by atoms with E-state index < -0.39 is 23.6 Å². The average molecular weight is 304 g/mol. The number of hydrogen-bond acceptors (Lipinski definition) is 3. The van der Waals surface area contributed by atoms with Crippen LogP contribution in [0.25, 0.3) is 0 Å². The maximum absolute atomic E-state index is 12.4.